The molecule has 1 aliphatic carbocycles. The molecule has 2 aliphatic rings. The summed E-state index contributed by atoms with van der Waals surface area (Å²) in [5.74, 6) is 0.779. The summed E-state index contributed by atoms with van der Waals surface area (Å²) in [6.45, 7) is 2.23. The zero-order valence-corrected chi connectivity index (χ0v) is 14.6. The number of carbonyl (C=O) groups excluding carboxylic acids is 1. The summed E-state index contributed by atoms with van der Waals surface area (Å²) >= 11 is 0. The van der Waals surface area contributed by atoms with Gasteiger partial charge in [0, 0.05) is 17.3 Å². The molecule has 0 radical (unpaired) electrons. The Balaban J connectivity index is 1.38. The van der Waals surface area contributed by atoms with Crippen molar-refractivity contribution in [2.45, 2.75) is 44.6 Å². The standard InChI is InChI=1S/C20H26N4O/c25-20(23-18-4-5-19-17(12-18)13-22-24-19)16-3-1-2-15(11-16)10-14-6-8-21-9-7-14/h1-3,11,13-14,18,21H,4-10,12H2,(H,22,24)(H,23,25). The van der Waals surface area contributed by atoms with Gasteiger partial charge in [0.05, 0.1) is 6.20 Å². The summed E-state index contributed by atoms with van der Waals surface area (Å²) in [5.41, 5.74) is 4.51. The average molecular weight is 338 g/mol. The summed E-state index contributed by atoms with van der Waals surface area (Å²) in [6, 6.07) is 8.36. The van der Waals surface area contributed by atoms with Crippen LogP contribution in [-0.2, 0) is 19.3 Å². The number of nitrogens with zero attached hydrogens (tertiary/aromatic N) is 1. The molecule has 1 unspecified atom stereocenters. The molecule has 1 saturated heterocycles. The molecule has 25 heavy (non-hydrogen) atoms. The number of piperidine rings is 1. The van der Waals surface area contributed by atoms with Crippen LogP contribution in [0.3, 0.4) is 0 Å². The normalized spacial score (nSPS) is 20.9. The van der Waals surface area contributed by atoms with E-state index in [2.05, 4.69) is 33.0 Å². The van der Waals surface area contributed by atoms with Gasteiger partial charge in [-0.3, -0.25) is 9.89 Å². The van der Waals surface area contributed by atoms with Crippen LogP contribution in [0.25, 0.3) is 0 Å². The molecule has 1 aromatic heterocycles. The molecule has 1 aliphatic heterocycles. The molecule has 1 amide bonds. The monoisotopic (exact) mass is 338 g/mol. The molecular formula is C20H26N4O. The van der Waals surface area contributed by atoms with E-state index in [0.29, 0.717) is 0 Å². The lowest BCUT2D eigenvalue weighted by Crippen LogP contribution is -2.38. The van der Waals surface area contributed by atoms with E-state index in [1.165, 1.54) is 29.7 Å². The van der Waals surface area contributed by atoms with Crippen molar-refractivity contribution in [1.82, 2.24) is 20.8 Å². The first-order chi connectivity index (χ1) is 12.3. The molecule has 3 N–H and O–H groups in total. The van der Waals surface area contributed by atoms with Crippen LogP contribution in [-0.4, -0.2) is 35.2 Å². The van der Waals surface area contributed by atoms with E-state index < -0.39 is 0 Å². The van der Waals surface area contributed by atoms with Crippen molar-refractivity contribution >= 4 is 5.91 Å². The molecule has 1 fully saturated rings. The molecule has 1 atom stereocenters. The predicted octanol–water partition coefficient (Wildman–Crippen LogP) is 2.24. The number of fused-ring (bicyclic) bond motifs is 1. The third-order valence-corrected chi connectivity index (χ3v) is 5.52. The fraction of sp³-hybridized carbons (Fsp3) is 0.500. The van der Waals surface area contributed by atoms with Crippen LogP contribution in [0, 0.1) is 5.92 Å². The van der Waals surface area contributed by atoms with Gasteiger partial charge < -0.3 is 10.6 Å². The largest absolute Gasteiger partial charge is 0.349 e. The van der Waals surface area contributed by atoms with Gasteiger partial charge in [0.25, 0.3) is 5.91 Å². The van der Waals surface area contributed by atoms with Crippen LogP contribution in [0.4, 0.5) is 0 Å². The second kappa shape index (κ2) is 7.40. The summed E-state index contributed by atoms with van der Waals surface area (Å²) in [7, 11) is 0. The third-order valence-electron chi connectivity index (χ3n) is 5.52. The lowest BCUT2D eigenvalue weighted by atomic mass is 9.90. The number of carbonyl (C=O) groups is 1. The number of aromatic nitrogens is 2. The Morgan fingerprint density at radius 2 is 2.12 bits per heavy atom. The highest BCUT2D eigenvalue weighted by Crippen LogP contribution is 2.21. The first-order valence-corrected chi connectivity index (χ1v) is 9.39. The Morgan fingerprint density at radius 1 is 1.24 bits per heavy atom. The molecule has 5 heteroatoms. The average Bonchev–Trinajstić information content (AvgIpc) is 3.10. The first kappa shape index (κ1) is 16.3. The van der Waals surface area contributed by atoms with Crippen molar-refractivity contribution in [3.8, 4) is 0 Å². The molecule has 5 nitrogen and oxygen atoms in total. The minimum absolute atomic E-state index is 0.0455. The van der Waals surface area contributed by atoms with E-state index in [1.54, 1.807) is 0 Å². The minimum Gasteiger partial charge on any atom is -0.349 e. The van der Waals surface area contributed by atoms with Gasteiger partial charge in [-0.05, 0) is 80.8 Å². The summed E-state index contributed by atoms with van der Waals surface area (Å²) in [6.07, 6.45) is 8.20. The van der Waals surface area contributed by atoms with Gasteiger partial charge in [-0.15, -0.1) is 0 Å². The molecule has 0 bridgehead atoms. The highest BCUT2D eigenvalue weighted by Gasteiger charge is 2.22. The number of rotatable bonds is 4. The van der Waals surface area contributed by atoms with Gasteiger partial charge in [-0.1, -0.05) is 12.1 Å². The van der Waals surface area contributed by atoms with Gasteiger partial charge in [0.2, 0.25) is 0 Å². The maximum atomic E-state index is 12.7. The van der Waals surface area contributed by atoms with Crippen LogP contribution in [0.5, 0.6) is 0 Å². The zero-order valence-electron chi connectivity index (χ0n) is 14.6. The number of hydrogen-bond donors (Lipinski definition) is 3. The van der Waals surface area contributed by atoms with Crippen molar-refractivity contribution in [2.24, 2.45) is 5.92 Å². The van der Waals surface area contributed by atoms with Crippen LogP contribution in [0.2, 0.25) is 0 Å². The Morgan fingerprint density at radius 3 is 3.00 bits per heavy atom. The minimum atomic E-state index is 0.0455. The summed E-state index contributed by atoms with van der Waals surface area (Å²) in [4.78, 5) is 12.7. The predicted molar refractivity (Wildman–Crippen MR) is 97.6 cm³/mol. The van der Waals surface area contributed by atoms with Crippen molar-refractivity contribution in [3.63, 3.8) is 0 Å². The molecule has 0 saturated carbocycles. The van der Waals surface area contributed by atoms with Gasteiger partial charge >= 0.3 is 0 Å². The molecular weight excluding hydrogens is 312 g/mol. The number of amides is 1. The Kier molecular flexibility index (Phi) is 4.83. The molecule has 1 aromatic carbocycles. The highest BCUT2D eigenvalue weighted by atomic mass is 16.1. The summed E-state index contributed by atoms with van der Waals surface area (Å²) in [5, 5.41) is 13.8. The first-order valence-electron chi connectivity index (χ1n) is 9.39. The third kappa shape index (κ3) is 3.93. The van der Waals surface area contributed by atoms with Gasteiger partial charge in [-0.2, -0.15) is 5.10 Å². The van der Waals surface area contributed by atoms with Crippen LogP contribution in [0.15, 0.2) is 30.5 Å². The Bertz CT molecular complexity index is 733. The fourth-order valence-electron chi connectivity index (χ4n) is 4.07. The van der Waals surface area contributed by atoms with Gasteiger partial charge in [0.15, 0.2) is 0 Å². The number of nitrogens with one attached hydrogen (secondary N) is 3. The lowest BCUT2D eigenvalue weighted by molar-refractivity contribution is 0.0933. The topological polar surface area (TPSA) is 69.8 Å². The van der Waals surface area contributed by atoms with E-state index >= 15 is 0 Å². The summed E-state index contributed by atoms with van der Waals surface area (Å²) < 4.78 is 0. The van der Waals surface area contributed by atoms with Crippen LogP contribution < -0.4 is 10.6 Å². The van der Waals surface area contributed by atoms with Crippen LogP contribution in [0.1, 0.15) is 46.4 Å². The maximum Gasteiger partial charge on any atom is 0.251 e. The number of hydrogen-bond acceptors (Lipinski definition) is 3. The quantitative estimate of drug-likeness (QED) is 0.801. The van der Waals surface area contributed by atoms with Crippen molar-refractivity contribution in [2.75, 3.05) is 13.1 Å². The van der Waals surface area contributed by atoms with Crippen molar-refractivity contribution in [1.29, 1.82) is 0 Å². The van der Waals surface area contributed by atoms with Gasteiger partial charge in [-0.25, -0.2) is 0 Å². The zero-order chi connectivity index (χ0) is 17.1. The number of aryl methyl sites for hydroxylation is 1. The van der Waals surface area contributed by atoms with E-state index in [1.807, 2.05) is 18.3 Å². The second-order valence-electron chi connectivity index (χ2n) is 7.38. The molecule has 2 heterocycles. The van der Waals surface area contributed by atoms with E-state index in [4.69, 9.17) is 0 Å². The van der Waals surface area contributed by atoms with E-state index in [0.717, 1.165) is 50.3 Å². The smallest absolute Gasteiger partial charge is 0.251 e. The lowest BCUT2D eigenvalue weighted by Gasteiger charge is -2.24. The van der Waals surface area contributed by atoms with Crippen LogP contribution >= 0.6 is 0 Å². The molecule has 132 valence electrons. The molecule has 4 rings (SSSR count). The second-order valence-corrected chi connectivity index (χ2v) is 7.38. The van der Waals surface area contributed by atoms with E-state index in [9.17, 15) is 4.79 Å². The SMILES string of the molecule is O=C(NC1CCc2[nH]ncc2C1)c1cccc(CC2CCNCC2)c1. The van der Waals surface area contributed by atoms with Gasteiger partial charge in [0.1, 0.15) is 0 Å². The Labute approximate surface area is 148 Å². The Hall–Kier alpha value is -2.14. The highest BCUT2D eigenvalue weighted by molar-refractivity contribution is 5.94. The fourth-order valence-corrected chi connectivity index (χ4v) is 4.07. The number of H-pyrrole nitrogens is 1. The van der Waals surface area contributed by atoms with E-state index in [-0.39, 0.29) is 11.9 Å². The number of benzene rings is 1. The van der Waals surface area contributed by atoms with Crippen molar-refractivity contribution < 1.29 is 4.79 Å². The molecule has 0 spiro atoms. The maximum absolute atomic E-state index is 12.7. The van der Waals surface area contributed by atoms with Crippen molar-refractivity contribution in [3.05, 3.63) is 52.8 Å². The number of aromatic amines is 1. The molecule has 2 aromatic rings.